The molecule has 0 bridgehead atoms. The molecule has 4 aromatic rings. The first-order chi connectivity index (χ1) is 17.5. The number of halogens is 1. The Bertz CT molecular complexity index is 1500. The Morgan fingerprint density at radius 2 is 1.86 bits per heavy atom. The molecular weight excluding hydrogens is 502 g/mol. The molecule has 8 heteroatoms. The van der Waals surface area contributed by atoms with Crippen molar-refractivity contribution in [3.8, 4) is 0 Å². The lowest BCUT2D eigenvalue weighted by molar-refractivity contribution is -0.0327. The van der Waals surface area contributed by atoms with E-state index in [9.17, 15) is 4.79 Å². The van der Waals surface area contributed by atoms with Crippen LogP contribution in [0, 0.1) is 0 Å². The molecule has 2 atom stereocenters. The van der Waals surface area contributed by atoms with Crippen LogP contribution in [0.5, 0.6) is 0 Å². The molecule has 0 aliphatic carbocycles. The van der Waals surface area contributed by atoms with Gasteiger partial charge in [0, 0.05) is 18.2 Å². The number of nitrogens with zero attached hydrogens (tertiary/aromatic N) is 3. The van der Waals surface area contributed by atoms with Crippen molar-refractivity contribution in [1.82, 2.24) is 14.5 Å². The van der Waals surface area contributed by atoms with Crippen LogP contribution in [0.15, 0.2) is 59.8 Å². The van der Waals surface area contributed by atoms with Crippen LogP contribution in [0.4, 0.5) is 0 Å². The lowest BCUT2D eigenvalue weighted by atomic mass is 9.96. The molecule has 2 aromatic heterocycles. The average Bonchev–Trinajstić information content (AvgIpc) is 2.86. The number of rotatable bonds is 5. The molecule has 3 heterocycles. The van der Waals surface area contributed by atoms with E-state index in [1.54, 1.807) is 23.2 Å². The number of hydrogen-bond acceptors (Lipinski definition) is 5. The zero-order valence-electron chi connectivity index (χ0n) is 22.1. The topological polar surface area (TPSA) is 66.2 Å². The largest absolute Gasteiger partial charge is 0.409 e. The summed E-state index contributed by atoms with van der Waals surface area (Å²) in [5.74, 6) is 0. The van der Waals surface area contributed by atoms with Gasteiger partial charge in [-0.2, -0.15) is 0 Å². The highest BCUT2D eigenvalue weighted by Crippen LogP contribution is 2.39. The van der Waals surface area contributed by atoms with Crippen LogP contribution in [-0.2, 0) is 15.6 Å². The highest BCUT2D eigenvalue weighted by molar-refractivity contribution is 6.74. The maximum absolute atomic E-state index is 14.0. The minimum atomic E-state index is -2.06. The summed E-state index contributed by atoms with van der Waals surface area (Å²) >= 11 is 6.00. The zero-order valence-corrected chi connectivity index (χ0v) is 23.9. The van der Waals surface area contributed by atoms with E-state index in [0.29, 0.717) is 36.6 Å². The van der Waals surface area contributed by atoms with Gasteiger partial charge in [0.15, 0.2) is 8.32 Å². The van der Waals surface area contributed by atoms with E-state index in [2.05, 4.69) is 44.9 Å². The van der Waals surface area contributed by atoms with E-state index in [4.69, 9.17) is 25.7 Å². The molecule has 37 heavy (non-hydrogen) atoms. The zero-order chi connectivity index (χ0) is 26.4. The molecule has 0 unspecified atom stereocenters. The highest BCUT2D eigenvalue weighted by atomic mass is 35.5. The second-order valence-corrected chi connectivity index (χ2v) is 16.6. The Kier molecular flexibility index (Phi) is 7.00. The number of hydrogen-bond donors (Lipinski definition) is 0. The molecule has 0 radical (unpaired) electrons. The van der Waals surface area contributed by atoms with Crippen LogP contribution in [0.3, 0.4) is 0 Å². The summed E-state index contributed by atoms with van der Waals surface area (Å²) in [4.78, 5) is 23.1. The Labute approximate surface area is 223 Å². The lowest BCUT2D eigenvalue weighted by Gasteiger charge is -2.43. The fourth-order valence-electron chi connectivity index (χ4n) is 4.85. The fraction of sp³-hybridized carbons (Fsp3) is 0.414. The number of benzene rings is 2. The average molecular weight is 536 g/mol. The first-order valence-corrected chi connectivity index (χ1v) is 16.1. The molecule has 0 spiro atoms. The Hall–Kier alpha value is -2.58. The summed E-state index contributed by atoms with van der Waals surface area (Å²) in [6.45, 7) is 12.2. The van der Waals surface area contributed by atoms with Crippen LogP contribution >= 0.6 is 11.6 Å². The number of fused-ring (bicyclic) bond motifs is 3. The Morgan fingerprint density at radius 3 is 2.57 bits per heavy atom. The maximum atomic E-state index is 14.0. The van der Waals surface area contributed by atoms with Crippen LogP contribution in [0.2, 0.25) is 23.3 Å². The quantitative estimate of drug-likeness (QED) is 0.165. The highest BCUT2D eigenvalue weighted by Gasteiger charge is 2.42. The minimum absolute atomic E-state index is 0.0398. The van der Waals surface area contributed by atoms with Crippen molar-refractivity contribution in [2.75, 3.05) is 13.2 Å². The fourth-order valence-corrected chi connectivity index (χ4v) is 6.30. The van der Waals surface area contributed by atoms with Gasteiger partial charge in [-0.25, -0.2) is 9.97 Å². The molecule has 5 rings (SSSR count). The normalized spacial score (nSPS) is 19.0. The minimum Gasteiger partial charge on any atom is -0.409 e. The van der Waals surface area contributed by atoms with Gasteiger partial charge in [-0.05, 0) is 59.6 Å². The summed E-state index contributed by atoms with van der Waals surface area (Å²) in [6, 6.07) is 13.8. The molecule has 1 fully saturated rings. The summed E-state index contributed by atoms with van der Waals surface area (Å²) in [7, 11) is -2.06. The molecule has 0 N–H and O–H groups in total. The molecule has 194 valence electrons. The second kappa shape index (κ2) is 9.95. The van der Waals surface area contributed by atoms with Gasteiger partial charge in [0.25, 0.3) is 5.56 Å². The maximum Gasteiger partial charge on any atom is 0.261 e. The van der Waals surface area contributed by atoms with Crippen LogP contribution in [0.25, 0.3) is 21.7 Å². The summed E-state index contributed by atoms with van der Waals surface area (Å²) < 4.78 is 14.4. The van der Waals surface area contributed by atoms with Gasteiger partial charge >= 0.3 is 0 Å². The van der Waals surface area contributed by atoms with Gasteiger partial charge < -0.3 is 9.16 Å². The molecular formula is C29H34ClN3O3Si. The Morgan fingerprint density at radius 1 is 1.11 bits per heavy atom. The van der Waals surface area contributed by atoms with E-state index < -0.39 is 8.32 Å². The van der Waals surface area contributed by atoms with Gasteiger partial charge in [-0.3, -0.25) is 9.36 Å². The molecule has 0 saturated carbocycles. The molecule has 1 aliphatic rings. The van der Waals surface area contributed by atoms with Gasteiger partial charge in [-0.1, -0.05) is 62.7 Å². The van der Waals surface area contributed by atoms with Gasteiger partial charge in [0.05, 0.1) is 36.0 Å². The van der Waals surface area contributed by atoms with Crippen LogP contribution < -0.4 is 5.56 Å². The smallest absolute Gasteiger partial charge is 0.261 e. The molecule has 2 aromatic carbocycles. The first kappa shape index (κ1) is 26.0. The number of aromatic nitrogens is 3. The lowest BCUT2D eigenvalue weighted by Crippen LogP contribution is -2.50. The summed E-state index contributed by atoms with van der Waals surface area (Å²) in [5, 5.41) is 3.20. The van der Waals surface area contributed by atoms with Crippen molar-refractivity contribution in [2.24, 2.45) is 0 Å². The van der Waals surface area contributed by atoms with Crippen molar-refractivity contribution in [2.45, 2.75) is 63.9 Å². The Balaban J connectivity index is 1.61. The van der Waals surface area contributed by atoms with E-state index in [0.717, 1.165) is 27.4 Å². The second-order valence-electron chi connectivity index (χ2n) is 11.4. The predicted octanol–water partition coefficient (Wildman–Crippen LogP) is 6.54. The third-order valence-electron chi connectivity index (χ3n) is 7.94. The standard InChI is InChI=1S/C29H34ClN3O3Si/c1-29(2,3)37(4,5)36-25-17-35-13-12-24(25)33-18-32-27-22-9-7-6-8-21(22)20(15-23(27)28(33)34)14-19-10-11-26(30)31-16-19/h6-11,15-16,18,24-25H,12-14,17H2,1-5H3/t24-,25-/m0/s1. The molecule has 0 amide bonds. The predicted molar refractivity (Wildman–Crippen MR) is 152 cm³/mol. The molecule has 1 aliphatic heterocycles. The van der Waals surface area contributed by atoms with E-state index >= 15 is 0 Å². The van der Waals surface area contributed by atoms with Gasteiger partial charge in [0.2, 0.25) is 0 Å². The number of ether oxygens (including phenoxy) is 1. The third-order valence-corrected chi connectivity index (χ3v) is 12.7. The van der Waals surface area contributed by atoms with Crippen LogP contribution in [0.1, 0.15) is 44.4 Å². The third kappa shape index (κ3) is 5.10. The molecule has 6 nitrogen and oxygen atoms in total. The van der Waals surface area contributed by atoms with E-state index in [1.807, 2.05) is 30.3 Å². The first-order valence-electron chi connectivity index (χ1n) is 12.8. The van der Waals surface area contributed by atoms with Crippen molar-refractivity contribution >= 4 is 41.6 Å². The van der Waals surface area contributed by atoms with Gasteiger partial charge in [0.1, 0.15) is 5.15 Å². The summed E-state index contributed by atoms with van der Waals surface area (Å²) in [6.07, 6.45) is 4.66. The van der Waals surface area contributed by atoms with Crippen molar-refractivity contribution < 1.29 is 9.16 Å². The monoisotopic (exact) mass is 535 g/mol. The SMILES string of the molecule is CC(C)(C)[Si](C)(C)O[C@H]1COCC[C@@H]1n1cnc2c(cc(Cc3ccc(Cl)nc3)c3ccccc32)c1=O. The van der Waals surface area contributed by atoms with Crippen LogP contribution in [-0.4, -0.2) is 42.2 Å². The van der Waals surface area contributed by atoms with Crippen molar-refractivity contribution in [1.29, 1.82) is 0 Å². The summed E-state index contributed by atoms with van der Waals surface area (Å²) in [5.41, 5.74) is 2.78. The van der Waals surface area contributed by atoms with E-state index in [-0.39, 0.29) is 22.7 Å². The van der Waals surface area contributed by atoms with Crippen molar-refractivity contribution in [3.63, 3.8) is 0 Å². The van der Waals surface area contributed by atoms with Crippen molar-refractivity contribution in [3.05, 3.63) is 81.6 Å². The van der Waals surface area contributed by atoms with E-state index in [1.165, 1.54) is 0 Å². The van der Waals surface area contributed by atoms with Gasteiger partial charge in [-0.15, -0.1) is 0 Å². The molecule has 1 saturated heterocycles. The number of pyridine rings is 1.